The molecule has 1 aliphatic heterocycles. The van der Waals surface area contributed by atoms with Crippen LogP contribution in [0.25, 0.3) is 0 Å². The van der Waals surface area contributed by atoms with Gasteiger partial charge in [0.2, 0.25) is 0 Å². The highest BCUT2D eigenvalue weighted by Crippen LogP contribution is 2.21. The van der Waals surface area contributed by atoms with Gasteiger partial charge in [-0.3, -0.25) is 14.4 Å². The molecule has 3 rings (SSSR count). The van der Waals surface area contributed by atoms with E-state index in [2.05, 4.69) is 0 Å². The second-order valence-electron chi connectivity index (χ2n) is 6.83. The standard InChI is InChI=1S/C20H21ClFN3O5S/c1-23(30-2)31(28,29)16-6-3-14(4-7-16)19(26)24-9-11-25(12-10-24)20(27)17-8-5-15(22)13-18(17)21/h3-8,13H,9-12H2,1-2H3. The largest absolute Gasteiger partial charge is 0.335 e. The number of nitrogens with zero attached hydrogens (tertiary/aromatic N) is 3. The van der Waals surface area contributed by atoms with Crippen molar-refractivity contribution in [1.29, 1.82) is 0 Å². The van der Waals surface area contributed by atoms with E-state index in [4.69, 9.17) is 16.4 Å². The first-order valence-electron chi connectivity index (χ1n) is 9.32. The van der Waals surface area contributed by atoms with Crippen molar-refractivity contribution in [3.05, 3.63) is 64.4 Å². The molecule has 0 bridgehead atoms. The zero-order chi connectivity index (χ0) is 22.8. The van der Waals surface area contributed by atoms with E-state index in [0.29, 0.717) is 31.7 Å². The van der Waals surface area contributed by atoms with E-state index in [1.54, 1.807) is 9.80 Å². The first-order valence-corrected chi connectivity index (χ1v) is 11.1. The van der Waals surface area contributed by atoms with Crippen molar-refractivity contribution in [2.75, 3.05) is 40.3 Å². The Morgan fingerprint density at radius 3 is 2.06 bits per heavy atom. The number of hydrogen-bond donors (Lipinski definition) is 0. The minimum absolute atomic E-state index is 0.00000692. The Balaban J connectivity index is 1.64. The van der Waals surface area contributed by atoms with Gasteiger partial charge in [-0.1, -0.05) is 16.1 Å². The highest BCUT2D eigenvalue weighted by molar-refractivity contribution is 7.89. The summed E-state index contributed by atoms with van der Waals surface area (Å²) in [7, 11) is -1.29. The number of halogens is 2. The fraction of sp³-hybridized carbons (Fsp3) is 0.300. The van der Waals surface area contributed by atoms with Crippen LogP contribution in [0.5, 0.6) is 0 Å². The van der Waals surface area contributed by atoms with Crippen LogP contribution in [-0.2, 0) is 14.9 Å². The number of sulfonamides is 1. The van der Waals surface area contributed by atoms with Gasteiger partial charge in [-0.2, -0.15) is 0 Å². The number of piperazine rings is 1. The van der Waals surface area contributed by atoms with Gasteiger partial charge in [-0.25, -0.2) is 12.8 Å². The quantitative estimate of drug-likeness (QED) is 0.627. The molecular weight excluding hydrogens is 449 g/mol. The molecule has 0 radical (unpaired) electrons. The number of carbonyl (C=O) groups excluding carboxylic acids is 2. The van der Waals surface area contributed by atoms with Crippen LogP contribution in [0.15, 0.2) is 47.4 Å². The van der Waals surface area contributed by atoms with Crippen molar-refractivity contribution < 1.29 is 27.2 Å². The third kappa shape index (κ3) is 4.87. The van der Waals surface area contributed by atoms with E-state index in [1.807, 2.05) is 0 Å². The number of hydroxylamine groups is 1. The zero-order valence-electron chi connectivity index (χ0n) is 16.9. The number of amides is 2. The van der Waals surface area contributed by atoms with Gasteiger partial charge in [0.25, 0.3) is 21.8 Å². The fourth-order valence-electron chi connectivity index (χ4n) is 3.14. The van der Waals surface area contributed by atoms with Crippen LogP contribution in [0.3, 0.4) is 0 Å². The molecule has 11 heteroatoms. The van der Waals surface area contributed by atoms with Gasteiger partial charge in [0, 0.05) is 38.8 Å². The van der Waals surface area contributed by atoms with Crippen LogP contribution in [0, 0.1) is 5.82 Å². The van der Waals surface area contributed by atoms with Gasteiger partial charge in [-0.15, -0.1) is 0 Å². The molecule has 0 spiro atoms. The first-order chi connectivity index (χ1) is 14.6. The molecule has 0 atom stereocenters. The van der Waals surface area contributed by atoms with Crippen LogP contribution in [0.1, 0.15) is 20.7 Å². The second-order valence-corrected chi connectivity index (χ2v) is 9.17. The summed E-state index contributed by atoms with van der Waals surface area (Å²) in [6.07, 6.45) is 0. The summed E-state index contributed by atoms with van der Waals surface area (Å²) < 4.78 is 38.4. The predicted octanol–water partition coefficient (Wildman–Crippen LogP) is 2.26. The number of rotatable bonds is 5. The van der Waals surface area contributed by atoms with Crippen molar-refractivity contribution in [2.45, 2.75) is 4.90 Å². The van der Waals surface area contributed by atoms with Crippen molar-refractivity contribution in [3.63, 3.8) is 0 Å². The van der Waals surface area contributed by atoms with Crippen molar-refractivity contribution in [1.82, 2.24) is 14.3 Å². The van der Waals surface area contributed by atoms with Crippen molar-refractivity contribution in [3.8, 4) is 0 Å². The first kappa shape index (κ1) is 23.1. The summed E-state index contributed by atoms with van der Waals surface area (Å²) in [5.74, 6) is -1.12. The molecule has 166 valence electrons. The lowest BCUT2D eigenvalue weighted by Gasteiger charge is -2.35. The van der Waals surface area contributed by atoms with Gasteiger partial charge in [0.15, 0.2) is 0 Å². The molecule has 1 aliphatic rings. The molecule has 2 amide bonds. The number of carbonyl (C=O) groups is 2. The maximum Gasteiger partial charge on any atom is 0.264 e. The normalized spacial score (nSPS) is 14.7. The highest BCUT2D eigenvalue weighted by atomic mass is 35.5. The molecule has 1 saturated heterocycles. The molecule has 8 nitrogen and oxygen atoms in total. The Morgan fingerprint density at radius 1 is 1.00 bits per heavy atom. The van der Waals surface area contributed by atoms with E-state index in [1.165, 1.54) is 50.6 Å². The summed E-state index contributed by atoms with van der Waals surface area (Å²) in [5, 5.41) is 0.0395. The molecule has 0 saturated carbocycles. The maximum absolute atomic E-state index is 13.2. The average molecular weight is 470 g/mol. The van der Waals surface area contributed by atoms with Gasteiger partial charge in [0.1, 0.15) is 5.82 Å². The Bertz CT molecular complexity index is 1090. The van der Waals surface area contributed by atoms with Gasteiger partial charge in [0.05, 0.1) is 22.6 Å². The molecule has 1 heterocycles. The molecule has 1 fully saturated rings. The minimum atomic E-state index is -3.80. The van der Waals surface area contributed by atoms with E-state index in [0.717, 1.165) is 10.5 Å². The van der Waals surface area contributed by atoms with Crippen molar-refractivity contribution >= 4 is 33.4 Å². The van der Waals surface area contributed by atoms with Crippen LogP contribution < -0.4 is 0 Å². The lowest BCUT2D eigenvalue weighted by molar-refractivity contribution is -0.0258. The van der Waals surface area contributed by atoms with Crippen molar-refractivity contribution in [2.24, 2.45) is 0 Å². The molecule has 2 aromatic rings. The minimum Gasteiger partial charge on any atom is -0.335 e. The molecule has 0 aliphatic carbocycles. The lowest BCUT2D eigenvalue weighted by atomic mass is 10.1. The Labute approximate surface area is 184 Å². The van der Waals surface area contributed by atoms with E-state index < -0.39 is 15.8 Å². The molecule has 31 heavy (non-hydrogen) atoms. The SMILES string of the molecule is CON(C)S(=O)(=O)c1ccc(C(=O)N2CCN(C(=O)c3ccc(F)cc3Cl)CC2)cc1. The van der Waals surface area contributed by atoms with Crippen LogP contribution >= 0.6 is 11.6 Å². The molecule has 0 aromatic heterocycles. The van der Waals surface area contributed by atoms with Crippen LogP contribution in [-0.4, -0.2) is 74.8 Å². The Hall–Kier alpha value is -2.53. The highest BCUT2D eigenvalue weighted by Gasteiger charge is 2.27. The summed E-state index contributed by atoms with van der Waals surface area (Å²) in [6.45, 7) is 1.19. The summed E-state index contributed by atoms with van der Waals surface area (Å²) in [6, 6.07) is 9.16. The topological polar surface area (TPSA) is 87.2 Å². The summed E-state index contributed by atoms with van der Waals surface area (Å²) >= 11 is 5.97. The van der Waals surface area contributed by atoms with E-state index in [-0.39, 0.29) is 27.3 Å². The average Bonchev–Trinajstić information content (AvgIpc) is 2.77. The lowest BCUT2D eigenvalue weighted by Crippen LogP contribution is -2.50. The third-order valence-electron chi connectivity index (χ3n) is 5.01. The van der Waals surface area contributed by atoms with Gasteiger partial charge < -0.3 is 9.80 Å². The molecule has 0 N–H and O–H groups in total. The Morgan fingerprint density at radius 2 is 1.55 bits per heavy atom. The maximum atomic E-state index is 13.2. The van der Waals surface area contributed by atoms with Crippen LogP contribution in [0.4, 0.5) is 4.39 Å². The Kier molecular flexibility index (Phi) is 6.95. The number of hydrogen-bond acceptors (Lipinski definition) is 5. The number of benzene rings is 2. The summed E-state index contributed by atoms with van der Waals surface area (Å²) in [4.78, 5) is 33.3. The van der Waals surface area contributed by atoms with Gasteiger partial charge in [-0.05, 0) is 42.5 Å². The molecule has 0 unspecified atom stereocenters. The predicted molar refractivity (Wildman–Crippen MR) is 112 cm³/mol. The van der Waals surface area contributed by atoms with E-state index >= 15 is 0 Å². The molecular formula is C20H21ClFN3O5S. The van der Waals surface area contributed by atoms with E-state index in [9.17, 15) is 22.4 Å². The molecule has 2 aromatic carbocycles. The zero-order valence-corrected chi connectivity index (χ0v) is 18.5. The van der Waals surface area contributed by atoms with Crippen LogP contribution in [0.2, 0.25) is 5.02 Å². The second kappa shape index (κ2) is 9.31. The summed E-state index contributed by atoms with van der Waals surface area (Å²) in [5.41, 5.74) is 0.543. The monoisotopic (exact) mass is 469 g/mol. The smallest absolute Gasteiger partial charge is 0.264 e. The van der Waals surface area contributed by atoms with Gasteiger partial charge >= 0.3 is 0 Å². The fourth-order valence-corrected chi connectivity index (χ4v) is 4.37. The third-order valence-corrected chi connectivity index (χ3v) is 7.02.